The van der Waals surface area contributed by atoms with Crippen LogP contribution in [-0.4, -0.2) is 61.7 Å². The van der Waals surface area contributed by atoms with Crippen LogP contribution in [0.25, 0.3) is 0 Å². The summed E-state index contributed by atoms with van der Waals surface area (Å²) < 4.78 is 25.4. The lowest BCUT2D eigenvalue weighted by Gasteiger charge is -2.73. The predicted molar refractivity (Wildman–Crippen MR) is 143 cm³/mol. The van der Waals surface area contributed by atoms with Gasteiger partial charge in [-0.25, -0.2) is 0 Å². The molecular formula is C32H39NO5. The van der Waals surface area contributed by atoms with E-state index in [-0.39, 0.29) is 29.5 Å². The summed E-state index contributed by atoms with van der Waals surface area (Å²) in [4.78, 5) is 2.84. The zero-order chi connectivity index (χ0) is 25.7. The molecule has 2 aliphatic heterocycles. The number of methoxy groups -OCH3 is 2. The Morgan fingerprint density at radius 3 is 2.63 bits per heavy atom. The molecule has 1 saturated heterocycles. The van der Waals surface area contributed by atoms with Crippen LogP contribution in [0.4, 0.5) is 0 Å². The summed E-state index contributed by atoms with van der Waals surface area (Å²) in [5.74, 6) is 3.60. The number of aliphatic hydroxyl groups is 1. The zero-order valence-electron chi connectivity index (χ0n) is 22.6. The smallest absolute Gasteiger partial charge is 0.166 e. The molecule has 0 aromatic heterocycles. The molecule has 38 heavy (non-hydrogen) atoms. The van der Waals surface area contributed by atoms with E-state index in [4.69, 9.17) is 18.9 Å². The lowest BCUT2D eigenvalue weighted by molar-refractivity contribution is -0.281. The monoisotopic (exact) mass is 517 g/mol. The first-order valence-corrected chi connectivity index (χ1v) is 14.6. The maximum atomic E-state index is 10.7. The lowest BCUT2D eigenvalue weighted by Crippen LogP contribution is -2.81. The van der Waals surface area contributed by atoms with Gasteiger partial charge in [0.2, 0.25) is 0 Å². The lowest BCUT2D eigenvalue weighted by atomic mass is 9.35. The van der Waals surface area contributed by atoms with Crippen LogP contribution in [0.1, 0.15) is 55.2 Å². The minimum Gasteiger partial charge on any atom is -0.497 e. The van der Waals surface area contributed by atoms with Gasteiger partial charge in [-0.05, 0) is 86.7 Å². The highest BCUT2D eigenvalue weighted by Crippen LogP contribution is 2.76. The van der Waals surface area contributed by atoms with Gasteiger partial charge in [-0.1, -0.05) is 18.2 Å². The molecule has 6 atom stereocenters. The first-order chi connectivity index (χ1) is 18.6. The molecule has 9 rings (SSSR count). The Bertz CT molecular complexity index is 1260. The molecule has 6 nitrogen and oxygen atoms in total. The number of ether oxygens (including phenoxy) is 4. The number of nitrogens with zero attached hydrogens (tertiary/aromatic N) is 1. The summed E-state index contributed by atoms with van der Waals surface area (Å²) in [5, 5.41) is 10.7. The fraction of sp³-hybridized carbons (Fsp3) is 0.625. The van der Waals surface area contributed by atoms with Crippen molar-refractivity contribution in [3.8, 4) is 17.2 Å². The Morgan fingerprint density at radius 1 is 1.05 bits per heavy atom. The van der Waals surface area contributed by atoms with Crippen molar-refractivity contribution >= 4 is 0 Å². The molecule has 0 unspecified atom stereocenters. The molecule has 1 N–H and O–H groups in total. The second-order valence-electron chi connectivity index (χ2n) is 12.8. The third-order valence-electron chi connectivity index (χ3n) is 11.6. The molecule has 4 bridgehead atoms. The van der Waals surface area contributed by atoms with E-state index in [9.17, 15) is 5.11 Å². The first-order valence-electron chi connectivity index (χ1n) is 14.6. The summed E-state index contributed by atoms with van der Waals surface area (Å²) in [6.07, 6.45) is 8.00. The quantitative estimate of drug-likeness (QED) is 0.557. The number of likely N-dealkylation sites (tertiary alicyclic amines) is 1. The summed E-state index contributed by atoms with van der Waals surface area (Å²) in [6, 6.07) is 13.0. The van der Waals surface area contributed by atoms with E-state index in [0.717, 1.165) is 67.4 Å². The first kappa shape index (κ1) is 23.6. The maximum Gasteiger partial charge on any atom is 0.166 e. The van der Waals surface area contributed by atoms with Gasteiger partial charge in [0.1, 0.15) is 24.1 Å². The van der Waals surface area contributed by atoms with Crippen LogP contribution in [0.2, 0.25) is 0 Å². The standard InChI is InChI=1S/C32H39NO5/c1-35-24-8-5-21(6-9-24)19-37-25-10-7-22-15-26-30-11-12-32(36-2,23(16-30)18-34)29-31(30,27(22)28(25)38-29)13-14-33(26)17-20-3-4-20/h5-10,20,23,26,29,34H,3-4,11-19H2,1-2H3/t23-,26-,29-,30-,31+,32-/m1/s1. The third-order valence-corrected chi connectivity index (χ3v) is 11.6. The van der Waals surface area contributed by atoms with Gasteiger partial charge in [0.05, 0.1) is 7.11 Å². The molecule has 2 aromatic rings. The van der Waals surface area contributed by atoms with Gasteiger partial charge in [-0.2, -0.15) is 0 Å². The largest absolute Gasteiger partial charge is 0.497 e. The van der Waals surface area contributed by atoms with E-state index in [0.29, 0.717) is 12.6 Å². The van der Waals surface area contributed by atoms with Gasteiger partial charge in [0.15, 0.2) is 11.5 Å². The number of fused-ring (bicyclic) bond motifs is 2. The number of piperidine rings is 1. The minimum absolute atomic E-state index is 0.0694. The number of benzene rings is 2. The Kier molecular flexibility index (Phi) is 5.04. The second-order valence-corrected chi connectivity index (χ2v) is 12.8. The van der Waals surface area contributed by atoms with E-state index < -0.39 is 5.60 Å². The Labute approximate surface area is 225 Å². The molecule has 5 aliphatic carbocycles. The van der Waals surface area contributed by atoms with E-state index in [1.165, 1.54) is 30.5 Å². The highest BCUT2D eigenvalue weighted by atomic mass is 16.6. The summed E-state index contributed by atoms with van der Waals surface area (Å²) >= 11 is 0. The van der Waals surface area contributed by atoms with Gasteiger partial charge in [-0.3, -0.25) is 4.90 Å². The fourth-order valence-electron chi connectivity index (χ4n) is 9.75. The van der Waals surface area contributed by atoms with Gasteiger partial charge < -0.3 is 24.1 Å². The number of hydrogen-bond acceptors (Lipinski definition) is 6. The van der Waals surface area contributed by atoms with E-state index in [2.05, 4.69) is 29.2 Å². The van der Waals surface area contributed by atoms with Crippen LogP contribution >= 0.6 is 0 Å². The molecule has 2 heterocycles. The SMILES string of the molecule is COc1ccc(COc2ccc3c4c2O[C@H]2[C@@]5(OC)CC[C@@]6(C[C@@H]5CO)[C@@H](C3)N(CC3CC3)CC[C@]426)cc1. The van der Waals surface area contributed by atoms with E-state index in [1.54, 1.807) is 7.11 Å². The highest BCUT2D eigenvalue weighted by molar-refractivity contribution is 5.63. The predicted octanol–water partition coefficient (Wildman–Crippen LogP) is 4.49. The molecule has 2 spiro atoms. The fourth-order valence-corrected chi connectivity index (χ4v) is 9.75. The van der Waals surface area contributed by atoms with Crippen molar-refractivity contribution in [3.05, 3.63) is 53.1 Å². The number of hydrogen-bond donors (Lipinski definition) is 1. The summed E-state index contributed by atoms with van der Waals surface area (Å²) in [6.45, 7) is 3.00. The van der Waals surface area contributed by atoms with E-state index >= 15 is 0 Å². The van der Waals surface area contributed by atoms with Crippen LogP contribution in [-0.2, 0) is 23.2 Å². The molecule has 0 radical (unpaired) electrons. The van der Waals surface area contributed by atoms with Crippen molar-refractivity contribution in [2.45, 2.75) is 74.7 Å². The van der Waals surface area contributed by atoms with Gasteiger partial charge in [0, 0.05) is 48.6 Å². The van der Waals surface area contributed by atoms with Crippen LogP contribution in [0.5, 0.6) is 17.2 Å². The topological polar surface area (TPSA) is 60.4 Å². The zero-order valence-corrected chi connectivity index (χ0v) is 22.6. The molecule has 5 fully saturated rings. The van der Waals surface area contributed by atoms with Crippen molar-refractivity contribution in [2.75, 3.05) is 33.9 Å². The van der Waals surface area contributed by atoms with Crippen LogP contribution in [0, 0.1) is 17.3 Å². The summed E-state index contributed by atoms with van der Waals surface area (Å²) in [7, 11) is 3.53. The average molecular weight is 518 g/mol. The highest BCUT2D eigenvalue weighted by Gasteiger charge is 2.80. The normalized spacial score (nSPS) is 38.0. The van der Waals surface area contributed by atoms with Crippen molar-refractivity contribution in [1.82, 2.24) is 4.90 Å². The molecule has 2 aromatic carbocycles. The Balaban J connectivity index is 1.23. The molecular weight excluding hydrogens is 478 g/mol. The molecule has 7 aliphatic rings. The van der Waals surface area contributed by atoms with Gasteiger partial charge in [-0.15, -0.1) is 0 Å². The van der Waals surface area contributed by atoms with Crippen LogP contribution < -0.4 is 14.2 Å². The van der Waals surface area contributed by atoms with Crippen LogP contribution in [0.15, 0.2) is 36.4 Å². The average Bonchev–Trinajstić information content (AvgIpc) is 3.70. The summed E-state index contributed by atoms with van der Waals surface area (Å²) in [5.41, 5.74) is 3.54. The Morgan fingerprint density at radius 2 is 1.89 bits per heavy atom. The van der Waals surface area contributed by atoms with E-state index in [1.807, 2.05) is 19.2 Å². The van der Waals surface area contributed by atoms with Crippen molar-refractivity contribution < 1.29 is 24.1 Å². The third kappa shape index (κ3) is 2.84. The second kappa shape index (κ2) is 8.12. The van der Waals surface area contributed by atoms with Crippen molar-refractivity contribution in [2.24, 2.45) is 17.3 Å². The van der Waals surface area contributed by atoms with Crippen LogP contribution in [0.3, 0.4) is 0 Å². The van der Waals surface area contributed by atoms with Gasteiger partial charge >= 0.3 is 0 Å². The number of aliphatic hydroxyl groups excluding tert-OH is 1. The number of rotatable bonds is 8. The molecule has 202 valence electrons. The maximum absolute atomic E-state index is 10.7. The Hall–Kier alpha value is -2.28. The molecule has 6 heteroatoms. The molecule has 4 saturated carbocycles. The van der Waals surface area contributed by atoms with Crippen molar-refractivity contribution in [3.63, 3.8) is 0 Å². The molecule has 0 amide bonds. The van der Waals surface area contributed by atoms with Gasteiger partial charge in [0.25, 0.3) is 0 Å². The minimum atomic E-state index is -0.458. The van der Waals surface area contributed by atoms with Crippen molar-refractivity contribution in [1.29, 1.82) is 0 Å².